The lowest BCUT2D eigenvalue weighted by atomic mass is 10.1. The second kappa shape index (κ2) is 9.26. The quantitative estimate of drug-likeness (QED) is 0.590. The van der Waals surface area contributed by atoms with Gasteiger partial charge in [0.05, 0.1) is 13.0 Å². The van der Waals surface area contributed by atoms with Gasteiger partial charge in [-0.1, -0.05) is 6.07 Å². The molecule has 2 amide bonds. The van der Waals surface area contributed by atoms with Crippen LogP contribution < -0.4 is 9.64 Å². The van der Waals surface area contributed by atoms with Crippen LogP contribution in [0.3, 0.4) is 0 Å². The number of hydrogen-bond donors (Lipinski definition) is 0. The van der Waals surface area contributed by atoms with Crippen LogP contribution in [0.1, 0.15) is 6.42 Å². The molecule has 2 aromatic rings. The Labute approximate surface area is 194 Å². The molecule has 182 valence electrons. The van der Waals surface area contributed by atoms with Gasteiger partial charge in [-0.15, -0.1) is 0 Å². The zero-order valence-corrected chi connectivity index (χ0v) is 19.0. The molecule has 2 aromatic carbocycles. The highest BCUT2D eigenvalue weighted by Crippen LogP contribution is 2.30. The fourth-order valence-corrected chi connectivity index (χ4v) is 5.63. The Balaban J connectivity index is 1.41. The van der Waals surface area contributed by atoms with Crippen molar-refractivity contribution in [2.75, 3.05) is 44.7 Å². The summed E-state index contributed by atoms with van der Waals surface area (Å²) in [7, 11) is -2.91. The van der Waals surface area contributed by atoms with Crippen molar-refractivity contribution in [1.82, 2.24) is 9.21 Å². The van der Waals surface area contributed by atoms with Gasteiger partial charge in [0.25, 0.3) is 0 Å². The van der Waals surface area contributed by atoms with Crippen molar-refractivity contribution in [2.24, 2.45) is 5.92 Å². The Morgan fingerprint density at radius 3 is 2.41 bits per heavy atom. The van der Waals surface area contributed by atoms with Crippen LogP contribution in [-0.4, -0.2) is 69.3 Å². The van der Waals surface area contributed by atoms with E-state index >= 15 is 0 Å². The summed E-state index contributed by atoms with van der Waals surface area (Å²) in [6, 6.07) is 8.16. The second-order valence-electron chi connectivity index (χ2n) is 8.01. The number of halogens is 3. The van der Waals surface area contributed by atoms with Crippen molar-refractivity contribution in [3.63, 3.8) is 0 Å². The number of carbonyl (C=O) groups is 2. The molecule has 0 saturated carbocycles. The summed E-state index contributed by atoms with van der Waals surface area (Å²) in [6.07, 6.45) is 0.0224. The lowest BCUT2D eigenvalue weighted by Gasteiger charge is -2.35. The summed E-state index contributed by atoms with van der Waals surface area (Å²) in [5, 5.41) is 0. The van der Waals surface area contributed by atoms with Crippen LogP contribution in [0.5, 0.6) is 5.75 Å². The van der Waals surface area contributed by atoms with Gasteiger partial charge in [-0.3, -0.25) is 9.59 Å². The summed E-state index contributed by atoms with van der Waals surface area (Å²) in [4.78, 5) is 27.6. The number of methoxy groups -OCH3 is 1. The number of nitrogens with zero attached hydrogens (tertiary/aromatic N) is 3. The number of piperazine rings is 1. The molecule has 2 aliphatic rings. The number of sulfonamides is 1. The minimum atomic E-state index is -4.42. The number of carbonyl (C=O) groups excluding carboxylic acids is 2. The minimum absolute atomic E-state index is 0.0210. The standard InChI is InChI=1S/C22H22F3N3O5S/c1-33-16-4-2-3-15(12-16)28-13-14(11-19(28)29)22(30)26-7-9-27(10-8-26)34(31,32)18-6-5-17(23)20(24)21(18)25/h2-6,12,14H,7-11,13H2,1H3. The van der Waals surface area contributed by atoms with Gasteiger partial charge in [0, 0.05) is 50.9 Å². The van der Waals surface area contributed by atoms with Crippen LogP contribution in [0, 0.1) is 23.4 Å². The molecule has 8 nitrogen and oxygen atoms in total. The lowest BCUT2D eigenvalue weighted by Crippen LogP contribution is -2.52. The van der Waals surface area contributed by atoms with Gasteiger partial charge in [0.15, 0.2) is 17.5 Å². The van der Waals surface area contributed by atoms with E-state index < -0.39 is 38.3 Å². The number of anilines is 1. The molecular weight excluding hydrogens is 475 g/mol. The van der Waals surface area contributed by atoms with Crippen LogP contribution in [-0.2, 0) is 19.6 Å². The van der Waals surface area contributed by atoms with E-state index in [9.17, 15) is 31.2 Å². The molecule has 4 rings (SSSR count). The van der Waals surface area contributed by atoms with E-state index in [4.69, 9.17) is 4.74 Å². The van der Waals surface area contributed by atoms with Crippen molar-refractivity contribution in [2.45, 2.75) is 11.3 Å². The summed E-state index contributed by atoms with van der Waals surface area (Å²) < 4.78 is 72.3. The number of rotatable bonds is 5. The molecule has 12 heteroatoms. The number of hydrogen-bond acceptors (Lipinski definition) is 5. The zero-order chi connectivity index (χ0) is 24.6. The molecule has 0 bridgehead atoms. The summed E-state index contributed by atoms with van der Waals surface area (Å²) in [5.41, 5.74) is 0.615. The molecule has 1 atom stereocenters. The normalized spacial score (nSPS) is 19.5. The number of amides is 2. The van der Waals surface area contributed by atoms with Crippen LogP contribution >= 0.6 is 0 Å². The molecule has 0 aromatic heterocycles. The molecule has 2 aliphatic heterocycles. The smallest absolute Gasteiger partial charge is 0.246 e. The van der Waals surface area contributed by atoms with E-state index in [1.54, 1.807) is 24.3 Å². The highest BCUT2D eigenvalue weighted by Gasteiger charge is 2.39. The van der Waals surface area contributed by atoms with Crippen molar-refractivity contribution < 1.29 is 35.9 Å². The van der Waals surface area contributed by atoms with Crippen LogP contribution in [0.4, 0.5) is 18.9 Å². The molecule has 0 spiro atoms. The maximum atomic E-state index is 14.1. The van der Waals surface area contributed by atoms with Crippen molar-refractivity contribution in [3.05, 3.63) is 53.8 Å². The number of benzene rings is 2. The van der Waals surface area contributed by atoms with Crippen molar-refractivity contribution in [1.29, 1.82) is 0 Å². The van der Waals surface area contributed by atoms with Gasteiger partial charge in [0.2, 0.25) is 21.8 Å². The minimum Gasteiger partial charge on any atom is -0.497 e. The molecule has 2 fully saturated rings. The molecular formula is C22H22F3N3O5S. The van der Waals surface area contributed by atoms with E-state index in [0.717, 1.165) is 4.31 Å². The number of ether oxygens (including phenoxy) is 1. The first-order chi connectivity index (χ1) is 16.1. The van der Waals surface area contributed by atoms with Crippen LogP contribution in [0.2, 0.25) is 0 Å². The molecule has 34 heavy (non-hydrogen) atoms. The van der Waals surface area contributed by atoms with Gasteiger partial charge < -0.3 is 14.5 Å². The van der Waals surface area contributed by atoms with E-state index in [2.05, 4.69) is 0 Å². The fraction of sp³-hybridized carbons (Fsp3) is 0.364. The Hall–Kier alpha value is -3.12. The van der Waals surface area contributed by atoms with Crippen LogP contribution in [0.25, 0.3) is 0 Å². The summed E-state index contributed by atoms with van der Waals surface area (Å²) in [6.45, 7) is -0.0661. The first kappa shape index (κ1) is 24.0. The summed E-state index contributed by atoms with van der Waals surface area (Å²) >= 11 is 0. The van der Waals surface area contributed by atoms with E-state index in [0.29, 0.717) is 23.6 Å². The van der Waals surface area contributed by atoms with Gasteiger partial charge in [-0.2, -0.15) is 4.31 Å². The van der Waals surface area contributed by atoms with E-state index in [1.165, 1.54) is 16.9 Å². The lowest BCUT2D eigenvalue weighted by molar-refractivity contribution is -0.136. The average molecular weight is 497 g/mol. The van der Waals surface area contributed by atoms with Crippen LogP contribution in [0.15, 0.2) is 41.3 Å². The predicted molar refractivity (Wildman–Crippen MR) is 115 cm³/mol. The highest BCUT2D eigenvalue weighted by molar-refractivity contribution is 7.89. The molecule has 0 N–H and O–H groups in total. The summed E-state index contributed by atoms with van der Waals surface area (Å²) in [5.74, 6) is -5.63. The van der Waals surface area contributed by atoms with Gasteiger partial charge in [0.1, 0.15) is 10.6 Å². The van der Waals surface area contributed by atoms with E-state index in [-0.39, 0.29) is 51.0 Å². The third kappa shape index (κ3) is 4.34. The Morgan fingerprint density at radius 2 is 1.74 bits per heavy atom. The van der Waals surface area contributed by atoms with Crippen molar-refractivity contribution in [3.8, 4) is 5.75 Å². The first-order valence-electron chi connectivity index (χ1n) is 10.5. The van der Waals surface area contributed by atoms with Crippen molar-refractivity contribution >= 4 is 27.5 Å². The monoisotopic (exact) mass is 497 g/mol. The van der Waals surface area contributed by atoms with Gasteiger partial charge in [-0.25, -0.2) is 21.6 Å². The maximum absolute atomic E-state index is 14.1. The second-order valence-corrected chi connectivity index (χ2v) is 9.92. The fourth-order valence-electron chi connectivity index (χ4n) is 4.15. The molecule has 0 radical (unpaired) electrons. The average Bonchev–Trinajstić information content (AvgIpc) is 3.23. The first-order valence-corrected chi connectivity index (χ1v) is 11.9. The van der Waals surface area contributed by atoms with Gasteiger partial charge >= 0.3 is 0 Å². The van der Waals surface area contributed by atoms with E-state index in [1.807, 2.05) is 0 Å². The molecule has 2 saturated heterocycles. The topological polar surface area (TPSA) is 87.2 Å². The Bertz CT molecular complexity index is 1230. The molecule has 0 aliphatic carbocycles. The Kier molecular flexibility index (Phi) is 6.54. The SMILES string of the molecule is COc1cccc(N2CC(C(=O)N3CCN(S(=O)(=O)c4ccc(F)c(F)c4F)CC3)CC2=O)c1. The predicted octanol–water partition coefficient (Wildman–Crippen LogP) is 2.00. The Morgan fingerprint density at radius 1 is 1.03 bits per heavy atom. The van der Waals surface area contributed by atoms with Gasteiger partial charge in [-0.05, 0) is 24.3 Å². The largest absolute Gasteiger partial charge is 0.497 e. The highest BCUT2D eigenvalue weighted by atomic mass is 32.2. The third-order valence-electron chi connectivity index (χ3n) is 6.01. The maximum Gasteiger partial charge on any atom is 0.246 e. The third-order valence-corrected chi connectivity index (χ3v) is 7.92. The molecule has 2 heterocycles. The zero-order valence-electron chi connectivity index (χ0n) is 18.2. The molecule has 1 unspecified atom stereocenters.